The SMILES string of the molecule is Bc1c(B)c(B)c(-c2nc(-c3ccc(-c4ccccc4)cc3)nc(-n3c4ccccc4c4ccc5c6ccccc6n(-c6ccccc6)c5c43)n2)c(B)c1B. The molecule has 0 aliphatic heterocycles. The molecule has 0 spiro atoms. The Hall–Kier alpha value is -6.53. The summed E-state index contributed by atoms with van der Waals surface area (Å²) in [5, 5.41) is 4.67. The van der Waals surface area contributed by atoms with Crippen LogP contribution in [0.5, 0.6) is 0 Å². The summed E-state index contributed by atoms with van der Waals surface area (Å²) < 4.78 is 4.67. The van der Waals surface area contributed by atoms with Gasteiger partial charge >= 0.3 is 0 Å². The topological polar surface area (TPSA) is 48.5 Å². The number of para-hydroxylation sites is 3. The largest absolute Gasteiger partial charge is 0.307 e. The van der Waals surface area contributed by atoms with Crippen LogP contribution >= 0.6 is 0 Å². The Morgan fingerprint density at radius 2 is 0.800 bits per heavy atom. The molecule has 0 unspecified atom stereocenters. The maximum absolute atomic E-state index is 5.47. The highest BCUT2D eigenvalue weighted by atomic mass is 15.2. The molecule has 7 aromatic carbocycles. The van der Waals surface area contributed by atoms with E-state index in [1.807, 2.05) is 6.07 Å². The molecule has 3 aromatic heterocycles. The molecule has 0 saturated heterocycles. The van der Waals surface area contributed by atoms with Crippen molar-refractivity contribution in [2.24, 2.45) is 0 Å². The zero-order valence-electron chi connectivity index (χ0n) is 31.6. The number of hydrogen-bond donors (Lipinski definition) is 0. The fourth-order valence-corrected chi connectivity index (χ4v) is 8.54. The molecule has 0 N–H and O–H groups in total. The standard InChI is InChI=1S/C45H34B5N5/c46-36-35(37(47)39(49)40(50)38(36)48)44-51-43(27-21-19-26(20-22-27)25-11-3-1-4-12-25)52-45(53-44)55-34-18-10-8-16-30(34)32-24-23-31-29-15-7-9-17-33(29)54(41(31)42(32)55)28-13-5-2-6-14-28/h1-24H,46-50H2. The maximum Gasteiger partial charge on any atom is 0.238 e. The van der Waals surface area contributed by atoms with Crippen molar-refractivity contribution in [2.75, 3.05) is 0 Å². The molecule has 0 saturated carbocycles. The Bertz CT molecular complexity index is 3110. The molecule has 0 amide bonds. The van der Waals surface area contributed by atoms with Crippen LogP contribution in [-0.2, 0) is 0 Å². The highest BCUT2D eigenvalue weighted by Gasteiger charge is 2.24. The molecular formula is C45H34B5N5. The second-order valence-electron chi connectivity index (χ2n) is 14.6. The van der Waals surface area contributed by atoms with E-state index in [0.29, 0.717) is 17.6 Å². The van der Waals surface area contributed by atoms with Crippen LogP contribution < -0.4 is 27.3 Å². The summed E-state index contributed by atoms with van der Waals surface area (Å²) >= 11 is 0. The minimum Gasteiger partial charge on any atom is -0.307 e. The quantitative estimate of drug-likeness (QED) is 0.260. The van der Waals surface area contributed by atoms with E-state index in [4.69, 9.17) is 15.0 Å². The Morgan fingerprint density at radius 3 is 1.42 bits per heavy atom. The predicted octanol–water partition coefficient (Wildman–Crippen LogP) is 2.36. The molecule has 3 heterocycles. The molecule has 10 aromatic rings. The van der Waals surface area contributed by atoms with E-state index in [0.717, 1.165) is 55.2 Å². The molecule has 10 rings (SSSR count). The van der Waals surface area contributed by atoms with E-state index in [9.17, 15) is 0 Å². The molecule has 254 valence electrons. The highest BCUT2D eigenvalue weighted by Crippen LogP contribution is 2.41. The van der Waals surface area contributed by atoms with Crippen molar-refractivity contribution < 1.29 is 0 Å². The molecular weight excluding hydrogens is 665 g/mol. The summed E-state index contributed by atoms with van der Waals surface area (Å²) in [5.41, 5.74) is 16.0. The van der Waals surface area contributed by atoms with Gasteiger partial charge in [0, 0.05) is 38.4 Å². The monoisotopic (exact) mass is 699 g/mol. The number of benzene rings is 7. The Labute approximate surface area is 324 Å². The van der Waals surface area contributed by atoms with Crippen LogP contribution in [0.2, 0.25) is 0 Å². The minimum atomic E-state index is 0.588. The average Bonchev–Trinajstić information content (AvgIpc) is 3.76. The summed E-state index contributed by atoms with van der Waals surface area (Å²) in [4.78, 5) is 16.2. The first-order chi connectivity index (χ1) is 26.9. The van der Waals surface area contributed by atoms with Gasteiger partial charge in [-0.3, -0.25) is 4.57 Å². The van der Waals surface area contributed by atoms with Crippen molar-refractivity contribution in [1.82, 2.24) is 24.1 Å². The van der Waals surface area contributed by atoms with Crippen molar-refractivity contribution in [1.29, 1.82) is 0 Å². The molecule has 55 heavy (non-hydrogen) atoms. The third kappa shape index (κ3) is 5.12. The van der Waals surface area contributed by atoms with Gasteiger partial charge in [0.1, 0.15) is 39.2 Å². The van der Waals surface area contributed by atoms with Crippen LogP contribution in [0.1, 0.15) is 0 Å². The normalized spacial score (nSPS) is 11.6. The van der Waals surface area contributed by atoms with E-state index >= 15 is 0 Å². The number of aromatic nitrogens is 5. The summed E-state index contributed by atoms with van der Waals surface area (Å²) in [6, 6.07) is 51.6. The second-order valence-corrected chi connectivity index (χ2v) is 14.6. The lowest BCUT2D eigenvalue weighted by Crippen LogP contribution is -2.55. The molecule has 10 heteroatoms. The van der Waals surface area contributed by atoms with Crippen LogP contribution in [0.4, 0.5) is 0 Å². The van der Waals surface area contributed by atoms with Crippen molar-refractivity contribution >= 4 is 110 Å². The lowest BCUT2D eigenvalue weighted by atomic mass is 9.60. The first-order valence-electron chi connectivity index (χ1n) is 18.9. The lowest BCUT2D eigenvalue weighted by molar-refractivity contribution is 0.955. The van der Waals surface area contributed by atoms with Gasteiger partial charge in [-0.05, 0) is 35.4 Å². The first-order valence-corrected chi connectivity index (χ1v) is 18.9. The van der Waals surface area contributed by atoms with Gasteiger partial charge in [0.2, 0.25) is 5.95 Å². The molecule has 0 aliphatic rings. The van der Waals surface area contributed by atoms with Gasteiger partial charge in [-0.2, -0.15) is 9.97 Å². The van der Waals surface area contributed by atoms with Crippen LogP contribution in [-0.4, -0.2) is 63.3 Å². The average molecular weight is 699 g/mol. The van der Waals surface area contributed by atoms with Gasteiger partial charge in [0.15, 0.2) is 11.6 Å². The predicted molar refractivity (Wildman–Crippen MR) is 246 cm³/mol. The number of fused-ring (bicyclic) bond motifs is 7. The number of hydrogen-bond acceptors (Lipinski definition) is 3. The van der Waals surface area contributed by atoms with Gasteiger partial charge < -0.3 is 4.57 Å². The Morgan fingerprint density at radius 1 is 0.345 bits per heavy atom. The zero-order valence-corrected chi connectivity index (χ0v) is 31.6. The summed E-state index contributed by atoms with van der Waals surface area (Å²) in [6.07, 6.45) is 0. The van der Waals surface area contributed by atoms with E-state index < -0.39 is 0 Å². The lowest BCUT2D eigenvalue weighted by Gasteiger charge is -2.20. The van der Waals surface area contributed by atoms with Gasteiger partial charge in [-0.25, -0.2) is 4.98 Å². The Kier molecular flexibility index (Phi) is 7.70. The fourth-order valence-electron chi connectivity index (χ4n) is 8.54. The zero-order chi connectivity index (χ0) is 37.4. The van der Waals surface area contributed by atoms with Crippen LogP contribution in [0.15, 0.2) is 146 Å². The van der Waals surface area contributed by atoms with E-state index in [1.54, 1.807) is 0 Å². The smallest absolute Gasteiger partial charge is 0.238 e. The molecule has 0 fully saturated rings. The highest BCUT2D eigenvalue weighted by molar-refractivity contribution is 6.68. The summed E-state index contributed by atoms with van der Waals surface area (Å²) in [6.45, 7) is 0. The van der Waals surface area contributed by atoms with Gasteiger partial charge in [-0.15, -0.1) is 16.4 Å². The van der Waals surface area contributed by atoms with Gasteiger partial charge in [-0.1, -0.05) is 132 Å². The third-order valence-corrected chi connectivity index (χ3v) is 11.8. The molecule has 0 aliphatic carbocycles. The minimum absolute atomic E-state index is 0.588. The fraction of sp³-hybridized carbons (Fsp3) is 0. The third-order valence-electron chi connectivity index (χ3n) is 11.8. The van der Waals surface area contributed by atoms with E-state index in [1.165, 1.54) is 43.6 Å². The second kappa shape index (κ2) is 12.8. The molecule has 0 atom stereocenters. The first kappa shape index (κ1) is 33.1. The van der Waals surface area contributed by atoms with Crippen LogP contribution in [0, 0.1) is 0 Å². The maximum atomic E-state index is 5.47. The number of rotatable bonds is 5. The molecule has 0 bridgehead atoms. The van der Waals surface area contributed by atoms with Gasteiger partial charge in [0.25, 0.3) is 0 Å². The van der Waals surface area contributed by atoms with Gasteiger partial charge in [0.05, 0.1) is 22.1 Å². The van der Waals surface area contributed by atoms with Crippen molar-refractivity contribution in [3.63, 3.8) is 0 Å². The van der Waals surface area contributed by atoms with Crippen molar-refractivity contribution in [3.05, 3.63) is 146 Å². The molecule has 5 nitrogen and oxygen atoms in total. The summed E-state index contributed by atoms with van der Waals surface area (Å²) in [7, 11) is 11.0. The van der Waals surface area contributed by atoms with E-state index in [2.05, 4.69) is 188 Å². The summed E-state index contributed by atoms with van der Waals surface area (Å²) in [5.74, 6) is 1.90. The van der Waals surface area contributed by atoms with Crippen LogP contribution in [0.3, 0.4) is 0 Å². The molecule has 0 radical (unpaired) electrons. The number of nitrogens with zero attached hydrogens (tertiary/aromatic N) is 5. The Balaban J connectivity index is 1.33. The van der Waals surface area contributed by atoms with Crippen molar-refractivity contribution in [3.8, 4) is 45.5 Å². The van der Waals surface area contributed by atoms with E-state index in [-0.39, 0.29) is 0 Å². The van der Waals surface area contributed by atoms with Crippen LogP contribution in [0.25, 0.3) is 89.2 Å². The van der Waals surface area contributed by atoms with Crippen molar-refractivity contribution in [2.45, 2.75) is 0 Å².